The van der Waals surface area contributed by atoms with Gasteiger partial charge < -0.3 is 35.0 Å². The predicted molar refractivity (Wildman–Crippen MR) is 187 cm³/mol. The number of aliphatic carboxylic acids is 1. The molecule has 0 aliphatic carbocycles. The van der Waals surface area contributed by atoms with Gasteiger partial charge in [0.1, 0.15) is 6.04 Å². The van der Waals surface area contributed by atoms with Crippen LogP contribution in [-0.2, 0) is 35.1 Å². The third-order valence-corrected chi connectivity index (χ3v) is 9.71. The summed E-state index contributed by atoms with van der Waals surface area (Å²) in [6, 6.07) is 6.88. The molecule has 2 rings (SSSR count). The summed E-state index contributed by atoms with van der Waals surface area (Å²) in [6.45, 7) is 16.7. The summed E-state index contributed by atoms with van der Waals surface area (Å²) >= 11 is 0. The number of rotatable bonds is 20. The van der Waals surface area contributed by atoms with Crippen LogP contribution in [0.2, 0.25) is 0 Å². The van der Waals surface area contributed by atoms with Gasteiger partial charge in [-0.25, -0.2) is 4.79 Å². The Balaban J connectivity index is 2.23. The number of likely N-dealkylation sites (tertiary alicyclic amines) is 1. The largest absolute Gasteiger partial charge is 0.480 e. The summed E-state index contributed by atoms with van der Waals surface area (Å²) in [5.41, 5.74) is 1.73. The third kappa shape index (κ3) is 11.1. The summed E-state index contributed by atoms with van der Waals surface area (Å²) < 4.78 is 11.8. The highest BCUT2D eigenvalue weighted by molar-refractivity contribution is 5.86. The molecule has 3 N–H and O–H groups in total. The lowest BCUT2D eigenvalue weighted by Crippen LogP contribution is -2.57. The van der Waals surface area contributed by atoms with E-state index in [1.165, 1.54) is 7.11 Å². The molecule has 0 spiro atoms. The van der Waals surface area contributed by atoms with Gasteiger partial charge in [-0.05, 0) is 37.2 Å². The highest BCUT2D eigenvalue weighted by Gasteiger charge is 2.43. The second kappa shape index (κ2) is 19.7. The molecule has 0 aromatic heterocycles. The van der Waals surface area contributed by atoms with Crippen LogP contribution in [0.3, 0.4) is 0 Å². The number of likely N-dealkylation sites (N-methyl/N-ethyl adjacent to an activating group) is 1. The van der Waals surface area contributed by atoms with Gasteiger partial charge >= 0.3 is 5.97 Å². The molecule has 11 heteroatoms. The molecule has 0 bridgehead atoms. The van der Waals surface area contributed by atoms with Crippen molar-refractivity contribution in [1.82, 2.24) is 20.4 Å². The lowest BCUT2D eigenvalue weighted by atomic mass is 9.89. The van der Waals surface area contributed by atoms with E-state index in [1.54, 1.807) is 30.9 Å². The van der Waals surface area contributed by atoms with Gasteiger partial charge in [0.15, 0.2) is 0 Å². The summed E-state index contributed by atoms with van der Waals surface area (Å²) in [5, 5.41) is 15.9. The molecule has 1 aromatic rings. The number of carboxylic acid groups (broad SMARTS) is 1. The van der Waals surface area contributed by atoms with E-state index in [1.807, 2.05) is 51.1 Å². The monoisotopic (exact) mass is 672 g/mol. The summed E-state index contributed by atoms with van der Waals surface area (Å²) in [7, 11) is 4.87. The maximum Gasteiger partial charge on any atom is 0.326 e. The number of ether oxygens (including phenoxy) is 2. The van der Waals surface area contributed by atoms with Crippen LogP contribution in [0, 0.1) is 17.8 Å². The SMILES string of the molecule is C=C(C)CNC(C(=O)N(C)C(C(C)CC)C(CC(=O)N1CCC[C@H]1C(OC)C(C)C(=O)NC(Cc1ccccc1)C(=O)O)OC)C(C)C. The van der Waals surface area contributed by atoms with E-state index in [2.05, 4.69) is 31.1 Å². The molecule has 7 unspecified atom stereocenters. The molecule has 1 aliphatic rings. The van der Waals surface area contributed by atoms with Gasteiger partial charge in [-0.3, -0.25) is 14.4 Å². The molecule has 11 nitrogen and oxygen atoms in total. The van der Waals surface area contributed by atoms with Gasteiger partial charge in [-0.2, -0.15) is 0 Å². The van der Waals surface area contributed by atoms with Crippen LogP contribution < -0.4 is 10.6 Å². The topological polar surface area (TPSA) is 138 Å². The Morgan fingerprint density at radius 1 is 1.08 bits per heavy atom. The van der Waals surface area contributed by atoms with Crippen molar-refractivity contribution in [3.05, 3.63) is 48.0 Å². The highest BCUT2D eigenvalue weighted by Crippen LogP contribution is 2.29. The van der Waals surface area contributed by atoms with Crippen LogP contribution in [0.1, 0.15) is 72.8 Å². The third-order valence-electron chi connectivity index (χ3n) is 9.71. The first kappa shape index (κ1) is 40.9. The molecule has 0 radical (unpaired) electrons. The molecule has 3 amide bonds. The normalized spacial score (nSPS) is 19.1. The first-order chi connectivity index (χ1) is 22.7. The Kier molecular flexibility index (Phi) is 16.7. The fourth-order valence-corrected chi connectivity index (χ4v) is 6.77. The van der Waals surface area contributed by atoms with Gasteiger partial charge in [0.25, 0.3) is 0 Å². The van der Waals surface area contributed by atoms with Crippen molar-refractivity contribution in [2.75, 3.05) is 34.4 Å². The average Bonchev–Trinajstić information content (AvgIpc) is 3.53. The van der Waals surface area contributed by atoms with Gasteiger partial charge in [0.05, 0.1) is 42.7 Å². The lowest BCUT2D eigenvalue weighted by Gasteiger charge is -2.41. The summed E-state index contributed by atoms with van der Waals surface area (Å²) in [4.78, 5) is 56.8. The number of carbonyl (C=O) groups is 4. The number of nitrogens with zero attached hydrogens (tertiary/aromatic N) is 2. The number of hydrogen-bond donors (Lipinski definition) is 3. The fraction of sp³-hybridized carbons (Fsp3) is 0.676. The van der Waals surface area contributed by atoms with E-state index in [0.717, 1.165) is 24.0 Å². The Morgan fingerprint density at radius 3 is 2.25 bits per heavy atom. The number of carboxylic acids is 1. The fourth-order valence-electron chi connectivity index (χ4n) is 6.77. The number of hydrogen-bond acceptors (Lipinski definition) is 7. The van der Waals surface area contributed by atoms with Crippen molar-refractivity contribution in [2.24, 2.45) is 17.8 Å². The van der Waals surface area contributed by atoms with Gasteiger partial charge in [0.2, 0.25) is 17.7 Å². The minimum Gasteiger partial charge on any atom is -0.480 e. The minimum absolute atomic E-state index is 0.0409. The Bertz CT molecular complexity index is 1210. The number of carbonyl (C=O) groups excluding carboxylic acids is 3. The number of nitrogens with one attached hydrogen (secondary N) is 2. The maximum atomic E-state index is 14.0. The first-order valence-electron chi connectivity index (χ1n) is 17.2. The first-order valence-corrected chi connectivity index (χ1v) is 17.2. The molecular weight excluding hydrogens is 612 g/mol. The lowest BCUT2D eigenvalue weighted by molar-refractivity contribution is -0.147. The smallest absolute Gasteiger partial charge is 0.326 e. The average molecular weight is 673 g/mol. The standard InChI is InChI=1S/C37H60N4O7/c1-11-25(6)33(40(8)36(44)32(24(4)5)38-22-23(2)3)30(47-9)21-31(42)41-19-15-18-29(41)34(48-10)26(7)35(43)39-28(37(45)46)20-27-16-13-12-14-17-27/h12-14,16-17,24-26,28-30,32-34,38H,2,11,15,18-22H2,1,3-10H3,(H,39,43)(H,45,46)/t25?,26?,28?,29-,30?,32?,33?,34?/m0/s1. The predicted octanol–water partition coefficient (Wildman–Crippen LogP) is 3.91. The van der Waals surface area contributed by atoms with Gasteiger partial charge in [-0.1, -0.05) is 83.5 Å². The highest BCUT2D eigenvalue weighted by atomic mass is 16.5. The van der Waals surface area contributed by atoms with Crippen LogP contribution in [0.5, 0.6) is 0 Å². The van der Waals surface area contributed by atoms with E-state index in [-0.39, 0.29) is 48.6 Å². The molecule has 1 aromatic carbocycles. The minimum atomic E-state index is -1.12. The number of amides is 3. The molecule has 270 valence electrons. The molecule has 1 fully saturated rings. The second-order valence-corrected chi connectivity index (χ2v) is 13.7. The van der Waals surface area contributed by atoms with Gasteiger partial charge in [0, 0.05) is 40.8 Å². The van der Waals surface area contributed by atoms with Crippen molar-refractivity contribution >= 4 is 23.7 Å². The van der Waals surface area contributed by atoms with Crippen LogP contribution in [0.25, 0.3) is 0 Å². The summed E-state index contributed by atoms with van der Waals surface area (Å²) in [5.74, 6) is -2.40. The van der Waals surface area contributed by atoms with Crippen LogP contribution in [0.4, 0.5) is 0 Å². The van der Waals surface area contributed by atoms with E-state index in [0.29, 0.717) is 19.5 Å². The Labute approximate surface area is 287 Å². The molecule has 8 atom stereocenters. The zero-order valence-corrected chi connectivity index (χ0v) is 30.5. The van der Waals surface area contributed by atoms with E-state index in [9.17, 15) is 24.3 Å². The van der Waals surface area contributed by atoms with Crippen molar-refractivity contribution in [3.8, 4) is 0 Å². The van der Waals surface area contributed by atoms with Crippen molar-refractivity contribution in [1.29, 1.82) is 0 Å². The number of methoxy groups -OCH3 is 2. The molecule has 1 saturated heterocycles. The zero-order chi connectivity index (χ0) is 36.1. The molecule has 0 saturated carbocycles. The number of benzene rings is 1. The van der Waals surface area contributed by atoms with Crippen molar-refractivity contribution < 1.29 is 33.8 Å². The maximum absolute atomic E-state index is 14.0. The quantitative estimate of drug-likeness (QED) is 0.178. The van der Waals surface area contributed by atoms with Crippen molar-refractivity contribution in [3.63, 3.8) is 0 Å². The molecular formula is C37H60N4O7. The molecule has 1 aliphatic heterocycles. The molecule has 48 heavy (non-hydrogen) atoms. The molecule has 1 heterocycles. The van der Waals surface area contributed by atoms with E-state index >= 15 is 0 Å². The van der Waals surface area contributed by atoms with Crippen LogP contribution in [0.15, 0.2) is 42.5 Å². The van der Waals surface area contributed by atoms with Crippen LogP contribution >= 0.6 is 0 Å². The van der Waals surface area contributed by atoms with E-state index in [4.69, 9.17) is 9.47 Å². The second-order valence-electron chi connectivity index (χ2n) is 13.7. The van der Waals surface area contributed by atoms with E-state index < -0.39 is 42.1 Å². The van der Waals surface area contributed by atoms with Gasteiger partial charge in [-0.15, -0.1) is 0 Å². The Hall–Kier alpha value is -3.28. The van der Waals surface area contributed by atoms with Crippen molar-refractivity contribution in [2.45, 2.75) is 110 Å². The summed E-state index contributed by atoms with van der Waals surface area (Å²) in [6.07, 6.45) is 1.16. The zero-order valence-electron chi connectivity index (χ0n) is 30.5. The Morgan fingerprint density at radius 2 is 1.73 bits per heavy atom. The van der Waals surface area contributed by atoms with Crippen LogP contribution in [-0.4, -0.2) is 109 Å².